The Morgan fingerprint density at radius 2 is 2.24 bits per heavy atom. The summed E-state index contributed by atoms with van der Waals surface area (Å²) in [7, 11) is 0. The fourth-order valence-corrected chi connectivity index (χ4v) is 1.83. The van der Waals surface area contributed by atoms with E-state index in [0.29, 0.717) is 5.56 Å². The summed E-state index contributed by atoms with van der Waals surface area (Å²) in [4.78, 5) is 11.6. The molecule has 0 saturated heterocycles. The van der Waals surface area contributed by atoms with Crippen LogP contribution in [0.25, 0.3) is 0 Å². The minimum absolute atomic E-state index is 0.0110. The summed E-state index contributed by atoms with van der Waals surface area (Å²) in [6.07, 6.45) is -2.92. The number of halogens is 2. The van der Waals surface area contributed by atoms with E-state index in [-0.39, 0.29) is 18.9 Å². The quantitative estimate of drug-likeness (QED) is 0.856. The number of aromatic hydroxyl groups is 1. The largest absolute Gasteiger partial charge is 0.508 e. The summed E-state index contributed by atoms with van der Waals surface area (Å²) in [5.41, 5.74) is -0.541. The van der Waals surface area contributed by atoms with Crippen LogP contribution in [0.1, 0.15) is 35.1 Å². The zero-order valence-electron chi connectivity index (χ0n) is 11.2. The van der Waals surface area contributed by atoms with E-state index in [0.717, 1.165) is 4.68 Å². The first-order chi connectivity index (χ1) is 10.0. The molecular formula is C13H13F2N3O3. The van der Waals surface area contributed by atoms with Crippen LogP contribution >= 0.6 is 0 Å². The summed E-state index contributed by atoms with van der Waals surface area (Å²) in [5, 5.41) is 16.4. The van der Waals surface area contributed by atoms with Crippen molar-refractivity contribution in [2.45, 2.75) is 19.9 Å². The second-order valence-corrected chi connectivity index (χ2v) is 4.17. The molecule has 1 aromatic carbocycles. The molecule has 0 radical (unpaired) electrons. The maximum absolute atomic E-state index is 13.1. The molecule has 2 rings (SSSR count). The summed E-state index contributed by atoms with van der Waals surface area (Å²) in [5.74, 6) is -0.924. The van der Waals surface area contributed by atoms with Crippen LogP contribution in [-0.4, -0.2) is 32.7 Å². The number of nitrogens with zero attached hydrogens (tertiary/aromatic N) is 3. The number of benzene rings is 1. The summed E-state index contributed by atoms with van der Waals surface area (Å²) in [6.45, 7) is 1.58. The van der Waals surface area contributed by atoms with Gasteiger partial charge in [0.05, 0.1) is 13.2 Å². The molecule has 0 aliphatic rings. The minimum Gasteiger partial charge on any atom is -0.508 e. The molecule has 0 unspecified atom stereocenters. The lowest BCUT2D eigenvalue weighted by Crippen LogP contribution is -2.12. The molecule has 21 heavy (non-hydrogen) atoms. The number of hydrogen-bond acceptors (Lipinski definition) is 5. The van der Waals surface area contributed by atoms with Gasteiger partial charge in [0.25, 0.3) is 6.43 Å². The first kappa shape index (κ1) is 14.9. The van der Waals surface area contributed by atoms with Crippen molar-refractivity contribution in [1.82, 2.24) is 15.0 Å². The molecule has 0 atom stereocenters. The SMILES string of the molecule is CCOC(=O)c1nnn(Cc2cccc(O)c2)c1C(F)F. The molecule has 0 bridgehead atoms. The van der Waals surface area contributed by atoms with E-state index in [4.69, 9.17) is 0 Å². The van der Waals surface area contributed by atoms with Crippen molar-refractivity contribution in [2.75, 3.05) is 6.61 Å². The highest BCUT2D eigenvalue weighted by Crippen LogP contribution is 2.23. The van der Waals surface area contributed by atoms with Gasteiger partial charge in [0.1, 0.15) is 11.4 Å². The number of esters is 1. The molecule has 1 aromatic heterocycles. The van der Waals surface area contributed by atoms with Crippen LogP contribution in [0.3, 0.4) is 0 Å². The van der Waals surface area contributed by atoms with Crippen LogP contribution in [0.5, 0.6) is 5.75 Å². The zero-order valence-corrected chi connectivity index (χ0v) is 11.2. The van der Waals surface area contributed by atoms with Crippen LogP contribution in [0, 0.1) is 0 Å². The third-order valence-electron chi connectivity index (χ3n) is 2.69. The molecular weight excluding hydrogens is 284 g/mol. The maximum Gasteiger partial charge on any atom is 0.361 e. The monoisotopic (exact) mass is 297 g/mol. The standard InChI is InChI=1S/C13H13F2N3O3/c1-2-21-13(20)10-11(12(14)15)18(17-16-10)7-8-4-3-5-9(19)6-8/h3-6,12,19H,2,7H2,1H3. The number of alkyl halides is 2. The van der Waals surface area contributed by atoms with Gasteiger partial charge in [-0.05, 0) is 24.6 Å². The predicted molar refractivity (Wildman–Crippen MR) is 68.1 cm³/mol. The van der Waals surface area contributed by atoms with E-state index in [1.165, 1.54) is 12.1 Å². The molecule has 0 amide bonds. The van der Waals surface area contributed by atoms with E-state index >= 15 is 0 Å². The zero-order chi connectivity index (χ0) is 15.4. The Bertz CT molecular complexity index is 643. The lowest BCUT2D eigenvalue weighted by Gasteiger charge is -2.07. The van der Waals surface area contributed by atoms with Crippen molar-refractivity contribution in [1.29, 1.82) is 0 Å². The predicted octanol–water partition coefficient (Wildman–Crippen LogP) is 2.15. The van der Waals surface area contributed by atoms with Crippen molar-refractivity contribution < 1.29 is 23.4 Å². The van der Waals surface area contributed by atoms with Gasteiger partial charge < -0.3 is 9.84 Å². The Hall–Kier alpha value is -2.51. The lowest BCUT2D eigenvalue weighted by molar-refractivity contribution is 0.0506. The number of rotatable bonds is 5. The number of carbonyl (C=O) groups is 1. The molecule has 6 nitrogen and oxygen atoms in total. The van der Waals surface area contributed by atoms with Crippen LogP contribution < -0.4 is 0 Å². The van der Waals surface area contributed by atoms with Gasteiger partial charge in [0.15, 0.2) is 5.69 Å². The average molecular weight is 297 g/mol. The van der Waals surface area contributed by atoms with Gasteiger partial charge >= 0.3 is 5.97 Å². The normalized spacial score (nSPS) is 10.9. The Kier molecular flexibility index (Phi) is 4.46. The number of aromatic nitrogens is 3. The summed E-state index contributed by atoms with van der Waals surface area (Å²) >= 11 is 0. The fourth-order valence-electron chi connectivity index (χ4n) is 1.83. The summed E-state index contributed by atoms with van der Waals surface area (Å²) in [6, 6.07) is 6.10. The molecule has 0 aliphatic carbocycles. The number of phenols is 1. The Morgan fingerprint density at radius 1 is 1.48 bits per heavy atom. The molecule has 0 aliphatic heterocycles. The van der Waals surface area contributed by atoms with Crippen molar-refractivity contribution in [2.24, 2.45) is 0 Å². The third kappa shape index (κ3) is 3.33. The van der Waals surface area contributed by atoms with Gasteiger partial charge in [-0.25, -0.2) is 18.3 Å². The average Bonchev–Trinajstić information content (AvgIpc) is 2.83. The Morgan fingerprint density at radius 3 is 2.86 bits per heavy atom. The highest BCUT2D eigenvalue weighted by atomic mass is 19.3. The van der Waals surface area contributed by atoms with E-state index in [2.05, 4.69) is 15.0 Å². The van der Waals surface area contributed by atoms with Gasteiger partial charge in [0, 0.05) is 0 Å². The molecule has 1 N–H and O–H groups in total. The first-order valence-corrected chi connectivity index (χ1v) is 6.19. The topological polar surface area (TPSA) is 77.2 Å². The molecule has 0 fully saturated rings. The molecule has 8 heteroatoms. The highest BCUT2D eigenvalue weighted by Gasteiger charge is 2.27. The van der Waals surface area contributed by atoms with Crippen LogP contribution in [0.2, 0.25) is 0 Å². The second-order valence-electron chi connectivity index (χ2n) is 4.17. The van der Waals surface area contributed by atoms with E-state index in [9.17, 15) is 18.7 Å². The van der Waals surface area contributed by atoms with Gasteiger partial charge in [-0.3, -0.25) is 0 Å². The second kappa shape index (κ2) is 6.29. The fraction of sp³-hybridized carbons (Fsp3) is 0.308. The van der Waals surface area contributed by atoms with Gasteiger partial charge in [-0.2, -0.15) is 0 Å². The van der Waals surface area contributed by atoms with Crippen molar-refractivity contribution in [3.63, 3.8) is 0 Å². The van der Waals surface area contributed by atoms with E-state index < -0.39 is 23.8 Å². The van der Waals surface area contributed by atoms with Gasteiger partial charge in [0.2, 0.25) is 0 Å². The molecule has 0 spiro atoms. The number of carbonyl (C=O) groups excluding carboxylic acids is 1. The van der Waals surface area contributed by atoms with E-state index in [1.54, 1.807) is 19.1 Å². The van der Waals surface area contributed by atoms with Crippen LogP contribution in [-0.2, 0) is 11.3 Å². The molecule has 2 aromatic rings. The maximum atomic E-state index is 13.1. The molecule has 112 valence electrons. The van der Waals surface area contributed by atoms with Crippen LogP contribution in [0.4, 0.5) is 8.78 Å². The van der Waals surface area contributed by atoms with Gasteiger partial charge in [-0.1, -0.05) is 17.3 Å². The van der Waals surface area contributed by atoms with Crippen molar-refractivity contribution in [3.05, 3.63) is 41.2 Å². The minimum atomic E-state index is -2.92. The smallest absolute Gasteiger partial charge is 0.361 e. The molecule has 1 heterocycles. The Balaban J connectivity index is 2.34. The number of hydrogen-bond donors (Lipinski definition) is 1. The summed E-state index contributed by atoms with van der Waals surface area (Å²) < 4.78 is 31.9. The first-order valence-electron chi connectivity index (χ1n) is 6.19. The molecule has 0 saturated carbocycles. The number of ether oxygens (including phenoxy) is 1. The van der Waals surface area contributed by atoms with Crippen molar-refractivity contribution in [3.8, 4) is 5.75 Å². The highest BCUT2D eigenvalue weighted by molar-refractivity contribution is 5.88. The Labute approximate surface area is 119 Å². The lowest BCUT2D eigenvalue weighted by atomic mass is 10.2. The van der Waals surface area contributed by atoms with Crippen LogP contribution in [0.15, 0.2) is 24.3 Å². The van der Waals surface area contributed by atoms with E-state index in [1.807, 2.05) is 0 Å². The van der Waals surface area contributed by atoms with Crippen molar-refractivity contribution >= 4 is 5.97 Å². The van der Waals surface area contributed by atoms with Gasteiger partial charge in [-0.15, -0.1) is 5.10 Å². The number of phenolic OH excluding ortho intramolecular Hbond substituents is 1. The third-order valence-corrected chi connectivity index (χ3v) is 2.69.